The van der Waals surface area contributed by atoms with Crippen molar-refractivity contribution in [1.82, 2.24) is 0 Å². The first kappa shape index (κ1) is 11.9. The van der Waals surface area contributed by atoms with E-state index in [2.05, 4.69) is 0 Å². The van der Waals surface area contributed by atoms with E-state index in [0.717, 1.165) is 26.1 Å². The zero-order chi connectivity index (χ0) is 9.61. The fourth-order valence-electron chi connectivity index (χ4n) is 1.57. The molecule has 1 saturated heterocycles. The quantitative estimate of drug-likeness (QED) is 0.610. The summed E-state index contributed by atoms with van der Waals surface area (Å²) >= 11 is 0. The van der Waals surface area contributed by atoms with Gasteiger partial charge in [-0.25, -0.2) is 0 Å². The van der Waals surface area contributed by atoms with Crippen molar-refractivity contribution in [2.24, 2.45) is 5.41 Å². The molecule has 0 aromatic carbocycles. The molecule has 0 aromatic rings. The lowest BCUT2D eigenvalue weighted by Crippen LogP contribution is -2.54. The van der Waals surface area contributed by atoms with Gasteiger partial charge < -0.3 is 9.84 Å². The SMILES string of the molecule is CC.CC.OC1CC2(COC2)C1. The molecular formula is C10H22O2. The molecule has 1 heterocycles. The molecule has 0 aromatic heterocycles. The zero-order valence-electron chi connectivity index (χ0n) is 8.76. The van der Waals surface area contributed by atoms with E-state index in [1.807, 2.05) is 27.7 Å². The first-order valence-electron chi connectivity index (χ1n) is 5.07. The largest absolute Gasteiger partial charge is 0.393 e. The van der Waals surface area contributed by atoms with Gasteiger partial charge in [-0.05, 0) is 12.8 Å². The van der Waals surface area contributed by atoms with E-state index in [1.165, 1.54) is 0 Å². The molecule has 12 heavy (non-hydrogen) atoms. The van der Waals surface area contributed by atoms with Crippen LogP contribution in [0, 0.1) is 5.41 Å². The van der Waals surface area contributed by atoms with Gasteiger partial charge in [-0.3, -0.25) is 0 Å². The Morgan fingerprint density at radius 2 is 1.50 bits per heavy atom. The number of ether oxygens (including phenoxy) is 1. The Kier molecular flexibility index (Phi) is 5.51. The third-order valence-electron chi connectivity index (χ3n) is 2.15. The van der Waals surface area contributed by atoms with Crippen LogP contribution in [0.2, 0.25) is 0 Å². The molecule has 1 spiro atoms. The van der Waals surface area contributed by atoms with Gasteiger partial charge in [0.15, 0.2) is 0 Å². The molecule has 2 fully saturated rings. The van der Waals surface area contributed by atoms with Gasteiger partial charge in [0.05, 0.1) is 19.3 Å². The van der Waals surface area contributed by atoms with Crippen LogP contribution in [0.1, 0.15) is 40.5 Å². The Balaban J connectivity index is 0.000000269. The van der Waals surface area contributed by atoms with E-state index in [-0.39, 0.29) is 6.10 Å². The molecule has 2 heteroatoms. The Hall–Kier alpha value is -0.0800. The zero-order valence-corrected chi connectivity index (χ0v) is 8.76. The van der Waals surface area contributed by atoms with E-state index in [0.29, 0.717) is 5.41 Å². The van der Waals surface area contributed by atoms with Crippen molar-refractivity contribution in [3.63, 3.8) is 0 Å². The third kappa shape index (κ3) is 2.46. The molecule has 0 amide bonds. The van der Waals surface area contributed by atoms with Crippen molar-refractivity contribution < 1.29 is 9.84 Å². The highest BCUT2D eigenvalue weighted by atomic mass is 16.5. The van der Waals surface area contributed by atoms with Crippen LogP contribution < -0.4 is 0 Å². The van der Waals surface area contributed by atoms with Gasteiger partial charge >= 0.3 is 0 Å². The summed E-state index contributed by atoms with van der Waals surface area (Å²) in [6, 6.07) is 0. The lowest BCUT2D eigenvalue weighted by molar-refractivity contribution is -0.197. The lowest BCUT2D eigenvalue weighted by Gasteiger charge is -2.51. The highest BCUT2D eigenvalue weighted by Crippen LogP contribution is 2.46. The lowest BCUT2D eigenvalue weighted by atomic mass is 9.65. The molecule has 2 aliphatic rings. The molecule has 0 unspecified atom stereocenters. The van der Waals surface area contributed by atoms with Gasteiger partial charge in [-0.1, -0.05) is 27.7 Å². The average molecular weight is 174 g/mol. The minimum absolute atomic E-state index is 0.0149. The summed E-state index contributed by atoms with van der Waals surface area (Å²) in [6.45, 7) is 9.79. The van der Waals surface area contributed by atoms with Crippen LogP contribution in [0.5, 0.6) is 0 Å². The van der Waals surface area contributed by atoms with Crippen LogP contribution in [0.15, 0.2) is 0 Å². The third-order valence-corrected chi connectivity index (χ3v) is 2.15. The van der Waals surface area contributed by atoms with E-state index in [1.54, 1.807) is 0 Å². The normalized spacial score (nSPS) is 23.8. The molecule has 1 saturated carbocycles. The molecule has 1 aliphatic heterocycles. The molecular weight excluding hydrogens is 152 g/mol. The summed E-state index contributed by atoms with van der Waals surface area (Å²) in [7, 11) is 0. The van der Waals surface area contributed by atoms with Gasteiger partial charge in [0.25, 0.3) is 0 Å². The second-order valence-corrected chi connectivity index (χ2v) is 3.05. The summed E-state index contributed by atoms with van der Waals surface area (Å²) in [5.41, 5.74) is 0.444. The van der Waals surface area contributed by atoms with Gasteiger partial charge in [-0.2, -0.15) is 0 Å². The van der Waals surface area contributed by atoms with Crippen LogP contribution in [-0.4, -0.2) is 24.4 Å². The van der Waals surface area contributed by atoms with Crippen LogP contribution >= 0.6 is 0 Å². The van der Waals surface area contributed by atoms with Gasteiger partial charge in [0.1, 0.15) is 0 Å². The molecule has 0 radical (unpaired) electrons. The first-order chi connectivity index (χ1) is 5.81. The van der Waals surface area contributed by atoms with E-state index in [9.17, 15) is 0 Å². The van der Waals surface area contributed by atoms with E-state index in [4.69, 9.17) is 9.84 Å². The van der Waals surface area contributed by atoms with Crippen LogP contribution in [0.4, 0.5) is 0 Å². The number of rotatable bonds is 0. The maximum absolute atomic E-state index is 8.89. The molecule has 0 bridgehead atoms. The van der Waals surface area contributed by atoms with Crippen LogP contribution in [0.25, 0.3) is 0 Å². The summed E-state index contributed by atoms with van der Waals surface area (Å²) in [4.78, 5) is 0. The van der Waals surface area contributed by atoms with Crippen molar-refractivity contribution in [2.45, 2.75) is 46.6 Å². The van der Waals surface area contributed by atoms with Crippen molar-refractivity contribution in [3.05, 3.63) is 0 Å². The molecule has 2 rings (SSSR count). The van der Waals surface area contributed by atoms with Gasteiger partial charge in [0.2, 0.25) is 0 Å². The fraction of sp³-hybridized carbons (Fsp3) is 1.00. The maximum Gasteiger partial charge on any atom is 0.0554 e. The second kappa shape index (κ2) is 5.55. The smallest absolute Gasteiger partial charge is 0.0554 e. The maximum atomic E-state index is 8.89. The predicted molar refractivity (Wildman–Crippen MR) is 51.2 cm³/mol. The minimum atomic E-state index is -0.0149. The topological polar surface area (TPSA) is 29.5 Å². The number of hydrogen-bond donors (Lipinski definition) is 1. The monoisotopic (exact) mass is 174 g/mol. The summed E-state index contributed by atoms with van der Waals surface area (Å²) in [5, 5.41) is 8.89. The van der Waals surface area contributed by atoms with Crippen LogP contribution in [-0.2, 0) is 4.74 Å². The Morgan fingerprint density at radius 1 is 1.08 bits per heavy atom. The van der Waals surface area contributed by atoms with Crippen molar-refractivity contribution in [2.75, 3.05) is 13.2 Å². The van der Waals surface area contributed by atoms with Crippen LogP contribution in [0.3, 0.4) is 0 Å². The number of aliphatic hydroxyl groups is 1. The Bertz CT molecular complexity index is 100. The molecule has 2 nitrogen and oxygen atoms in total. The Labute approximate surface area is 75.9 Å². The molecule has 1 aliphatic carbocycles. The van der Waals surface area contributed by atoms with Gasteiger partial charge in [-0.15, -0.1) is 0 Å². The van der Waals surface area contributed by atoms with Gasteiger partial charge in [0, 0.05) is 5.41 Å². The standard InChI is InChI=1S/C6H10O2.2C2H6/c7-5-1-6(2-5)3-8-4-6;2*1-2/h5,7H,1-4H2;2*1-2H3. The number of aliphatic hydroxyl groups excluding tert-OH is 1. The second-order valence-electron chi connectivity index (χ2n) is 3.05. The number of hydrogen-bond acceptors (Lipinski definition) is 2. The fourth-order valence-corrected chi connectivity index (χ4v) is 1.57. The average Bonchev–Trinajstić information content (AvgIpc) is 2.03. The highest BCUT2D eigenvalue weighted by molar-refractivity contribution is 4.97. The summed E-state index contributed by atoms with van der Waals surface area (Å²) in [6.07, 6.45) is 1.94. The van der Waals surface area contributed by atoms with Crippen molar-refractivity contribution in [1.29, 1.82) is 0 Å². The Morgan fingerprint density at radius 3 is 1.58 bits per heavy atom. The molecule has 74 valence electrons. The molecule has 0 atom stereocenters. The van der Waals surface area contributed by atoms with Crippen molar-refractivity contribution >= 4 is 0 Å². The van der Waals surface area contributed by atoms with E-state index < -0.39 is 0 Å². The van der Waals surface area contributed by atoms with E-state index >= 15 is 0 Å². The highest BCUT2D eigenvalue weighted by Gasteiger charge is 2.49. The molecule has 1 N–H and O–H groups in total. The minimum Gasteiger partial charge on any atom is -0.393 e. The van der Waals surface area contributed by atoms with Crippen molar-refractivity contribution in [3.8, 4) is 0 Å². The summed E-state index contributed by atoms with van der Waals surface area (Å²) < 4.78 is 5.02. The predicted octanol–water partition coefficient (Wildman–Crippen LogP) is 2.21. The first-order valence-corrected chi connectivity index (χ1v) is 5.07. The summed E-state index contributed by atoms with van der Waals surface area (Å²) in [5.74, 6) is 0.